The number of hydrogen-bond donors (Lipinski definition) is 12. The Kier molecular flexibility index (Phi) is 52.7. The molecular weight excluding hydrogens is 1230 g/mol. The zero-order valence-corrected chi connectivity index (χ0v) is 59.3. The number of allylic oxidation sites excluding steroid dienone is 11. The van der Waals surface area contributed by atoms with Crippen LogP contribution in [-0.2, 0) is 33.2 Å². The third kappa shape index (κ3) is 38.3. The largest absolute Gasteiger partial charge is 0.394 e. The summed E-state index contributed by atoms with van der Waals surface area (Å²) in [6, 6.07) is -0.995. The van der Waals surface area contributed by atoms with Gasteiger partial charge in [-0.3, -0.25) is 4.79 Å². The first-order valence-electron chi connectivity index (χ1n) is 38.2. The summed E-state index contributed by atoms with van der Waals surface area (Å²) >= 11 is 0. The van der Waals surface area contributed by atoms with E-state index in [0.717, 1.165) is 57.8 Å². The molecule has 0 aromatic rings. The molecule has 0 bridgehead atoms. The summed E-state index contributed by atoms with van der Waals surface area (Å²) in [4.78, 5) is 13.4. The van der Waals surface area contributed by atoms with E-state index in [2.05, 4.69) is 79.9 Å². The van der Waals surface area contributed by atoms with Crippen molar-refractivity contribution in [1.29, 1.82) is 0 Å². The van der Waals surface area contributed by atoms with Crippen LogP contribution >= 0.6 is 0 Å². The van der Waals surface area contributed by atoms with Gasteiger partial charge in [-0.2, -0.15) is 0 Å². The molecule has 17 unspecified atom stereocenters. The highest BCUT2D eigenvalue weighted by atomic mass is 16.8. The molecule has 3 aliphatic rings. The van der Waals surface area contributed by atoms with Crippen LogP contribution in [0, 0.1) is 0 Å². The Hall–Kier alpha value is -2.77. The number of carbonyl (C=O) groups is 1. The zero-order chi connectivity index (χ0) is 69.6. The second kappa shape index (κ2) is 57.8. The number of hydrogen-bond acceptors (Lipinski definition) is 18. The SMILES string of the molecule is CC/C=C/CC/C=C/CC/C=C/C(O)C(COC1OC(CO)C(OC2OC(CO)C(OC3OC(CO)C(O)C(O)C3O)C(O)C2O)C(O)C1O)NC(=O)CCCCCCCCCCCCCCCCCCCCCCCCCCCC/C=C\C/C=C\C/C=C\CCCCCCC. The van der Waals surface area contributed by atoms with E-state index in [1.807, 2.05) is 6.08 Å². The number of rotatable bonds is 59. The van der Waals surface area contributed by atoms with Crippen LogP contribution in [0.25, 0.3) is 0 Å². The van der Waals surface area contributed by atoms with Gasteiger partial charge >= 0.3 is 0 Å². The number of ether oxygens (including phenoxy) is 6. The number of aliphatic hydroxyl groups is 11. The topological polar surface area (TPSA) is 307 Å². The molecule has 19 heteroatoms. The maximum absolute atomic E-state index is 13.4. The lowest BCUT2D eigenvalue weighted by atomic mass is 9.96. The molecule has 3 fully saturated rings. The van der Waals surface area contributed by atoms with Crippen molar-refractivity contribution in [3.05, 3.63) is 72.9 Å². The third-order valence-corrected chi connectivity index (χ3v) is 18.7. The predicted molar refractivity (Wildman–Crippen MR) is 378 cm³/mol. The summed E-state index contributed by atoms with van der Waals surface area (Å²) in [5.41, 5.74) is 0. The fourth-order valence-electron chi connectivity index (χ4n) is 12.6. The molecule has 3 heterocycles. The fraction of sp³-hybridized carbons (Fsp3) is 0.831. The maximum atomic E-state index is 13.4. The molecule has 96 heavy (non-hydrogen) atoms. The van der Waals surface area contributed by atoms with E-state index in [1.165, 1.54) is 186 Å². The van der Waals surface area contributed by atoms with Gasteiger partial charge in [0.25, 0.3) is 0 Å². The predicted octanol–water partition coefficient (Wildman–Crippen LogP) is 11.7. The van der Waals surface area contributed by atoms with E-state index < -0.39 is 124 Å². The molecular formula is C77H137NO18. The average Bonchev–Trinajstić information content (AvgIpc) is 0.802. The van der Waals surface area contributed by atoms with Crippen LogP contribution < -0.4 is 5.32 Å². The number of carbonyl (C=O) groups excluding carboxylic acids is 1. The second-order valence-corrected chi connectivity index (χ2v) is 27.1. The van der Waals surface area contributed by atoms with Gasteiger partial charge in [-0.15, -0.1) is 0 Å². The van der Waals surface area contributed by atoms with Crippen LogP contribution in [0.15, 0.2) is 72.9 Å². The Morgan fingerprint density at radius 2 is 0.729 bits per heavy atom. The number of unbranched alkanes of at least 4 members (excludes halogenated alkanes) is 33. The van der Waals surface area contributed by atoms with Crippen LogP contribution in [0.1, 0.15) is 277 Å². The van der Waals surface area contributed by atoms with Gasteiger partial charge in [-0.05, 0) is 77.0 Å². The summed E-state index contributed by atoms with van der Waals surface area (Å²) in [6.07, 6.45) is 48.2. The van der Waals surface area contributed by atoms with Crippen molar-refractivity contribution in [1.82, 2.24) is 5.32 Å². The smallest absolute Gasteiger partial charge is 0.220 e. The Bertz CT molecular complexity index is 2020. The average molecular weight is 1360 g/mol. The number of aliphatic hydroxyl groups excluding tert-OH is 11. The highest BCUT2D eigenvalue weighted by Crippen LogP contribution is 2.33. The minimum Gasteiger partial charge on any atom is -0.394 e. The van der Waals surface area contributed by atoms with Crippen molar-refractivity contribution in [2.75, 3.05) is 26.4 Å². The molecule has 0 radical (unpaired) electrons. The molecule has 3 saturated heterocycles. The zero-order valence-electron chi connectivity index (χ0n) is 59.3. The van der Waals surface area contributed by atoms with Crippen molar-refractivity contribution in [2.24, 2.45) is 0 Å². The van der Waals surface area contributed by atoms with Crippen LogP contribution in [0.3, 0.4) is 0 Å². The fourth-order valence-corrected chi connectivity index (χ4v) is 12.6. The Balaban J connectivity index is 1.25. The van der Waals surface area contributed by atoms with Crippen molar-refractivity contribution < 1.29 is 89.4 Å². The van der Waals surface area contributed by atoms with Gasteiger partial charge in [0.15, 0.2) is 18.9 Å². The van der Waals surface area contributed by atoms with E-state index in [0.29, 0.717) is 12.8 Å². The summed E-state index contributed by atoms with van der Waals surface area (Å²) in [6.45, 7) is 1.56. The molecule has 0 aromatic heterocycles. The van der Waals surface area contributed by atoms with Gasteiger partial charge in [0, 0.05) is 6.42 Å². The van der Waals surface area contributed by atoms with Crippen molar-refractivity contribution >= 4 is 5.91 Å². The van der Waals surface area contributed by atoms with Gasteiger partial charge < -0.3 is 89.9 Å². The van der Waals surface area contributed by atoms with Gasteiger partial charge in [0.05, 0.1) is 38.6 Å². The monoisotopic (exact) mass is 1360 g/mol. The lowest BCUT2D eigenvalue weighted by Crippen LogP contribution is -2.66. The molecule has 0 aromatic carbocycles. The van der Waals surface area contributed by atoms with E-state index in [-0.39, 0.29) is 18.9 Å². The highest BCUT2D eigenvalue weighted by molar-refractivity contribution is 5.76. The van der Waals surface area contributed by atoms with Crippen molar-refractivity contribution in [3.8, 4) is 0 Å². The maximum Gasteiger partial charge on any atom is 0.220 e. The summed E-state index contributed by atoms with van der Waals surface area (Å²) in [5, 5.41) is 120. The first-order valence-corrected chi connectivity index (χ1v) is 38.2. The van der Waals surface area contributed by atoms with Crippen LogP contribution in [0.2, 0.25) is 0 Å². The van der Waals surface area contributed by atoms with Crippen LogP contribution in [0.4, 0.5) is 0 Å². The minimum atomic E-state index is -1.98. The molecule has 17 atom stereocenters. The Morgan fingerprint density at radius 3 is 1.16 bits per heavy atom. The molecule has 0 saturated carbocycles. The number of nitrogens with one attached hydrogen (secondary N) is 1. The summed E-state index contributed by atoms with van der Waals surface area (Å²) in [5.74, 6) is -0.290. The summed E-state index contributed by atoms with van der Waals surface area (Å²) < 4.78 is 34.3. The molecule has 3 aliphatic heterocycles. The highest BCUT2D eigenvalue weighted by Gasteiger charge is 2.53. The molecule has 3 rings (SSSR count). The molecule has 19 nitrogen and oxygen atoms in total. The Labute approximate surface area is 578 Å². The van der Waals surface area contributed by atoms with Gasteiger partial charge in [0.1, 0.15) is 73.2 Å². The van der Waals surface area contributed by atoms with Gasteiger partial charge in [-0.1, -0.05) is 267 Å². The van der Waals surface area contributed by atoms with E-state index in [9.17, 15) is 61.0 Å². The van der Waals surface area contributed by atoms with E-state index in [1.54, 1.807) is 6.08 Å². The minimum absolute atomic E-state index is 0.233. The molecule has 12 N–H and O–H groups in total. The standard InChI is InChI=1S/C77H137NO18/c1-3-5-7-9-11-13-15-16-17-18-19-20-21-22-23-24-25-26-27-28-29-30-31-32-33-34-35-36-37-38-39-40-41-42-43-44-45-47-49-51-53-55-65(83)78-60(61(82)54-52-50-48-46-14-12-10-8-6-4-2)59-91-75-71(89)68(86)73(63(57-80)93-75)96-77-72(90)69(87)74(64(58-81)94-77)95-76-70(88)67(85)66(84)62(56-79)92-76/h6,8,14-16,18-19,21-22,46,52,54,60-64,66-77,79-82,84-90H,3-5,7,9-13,17,20,23-45,47-51,53,55-59H2,1-2H3,(H,78,83)/b8-6+,16-15-,19-18-,22-21-,46-14+,54-52+. The molecule has 558 valence electrons. The molecule has 0 spiro atoms. The normalized spacial score (nSPS) is 27.4. The number of amides is 1. The third-order valence-electron chi connectivity index (χ3n) is 18.7. The van der Waals surface area contributed by atoms with Crippen molar-refractivity contribution in [2.45, 2.75) is 381 Å². The summed E-state index contributed by atoms with van der Waals surface area (Å²) in [7, 11) is 0. The van der Waals surface area contributed by atoms with Gasteiger partial charge in [-0.25, -0.2) is 0 Å². The first-order chi connectivity index (χ1) is 46.8. The lowest BCUT2D eigenvalue weighted by Gasteiger charge is -2.48. The second-order valence-electron chi connectivity index (χ2n) is 27.1. The first kappa shape index (κ1) is 87.4. The van der Waals surface area contributed by atoms with Gasteiger partial charge in [0.2, 0.25) is 5.91 Å². The quantitative estimate of drug-likeness (QED) is 0.0199. The lowest BCUT2D eigenvalue weighted by molar-refractivity contribution is -0.379. The van der Waals surface area contributed by atoms with Crippen LogP contribution in [0.5, 0.6) is 0 Å². The molecule has 0 aliphatic carbocycles. The Morgan fingerprint density at radius 1 is 0.385 bits per heavy atom. The van der Waals surface area contributed by atoms with Crippen LogP contribution in [-0.4, -0.2) is 193 Å². The van der Waals surface area contributed by atoms with E-state index >= 15 is 0 Å². The molecule has 1 amide bonds. The van der Waals surface area contributed by atoms with Crippen molar-refractivity contribution in [3.63, 3.8) is 0 Å². The van der Waals surface area contributed by atoms with E-state index in [4.69, 9.17) is 28.4 Å².